The Balaban J connectivity index is 1.87. The fourth-order valence-corrected chi connectivity index (χ4v) is 2.61. The van der Waals surface area contributed by atoms with E-state index in [-0.39, 0.29) is 23.9 Å². The predicted molar refractivity (Wildman–Crippen MR) is 95.2 cm³/mol. The van der Waals surface area contributed by atoms with Gasteiger partial charge in [0.05, 0.1) is 6.10 Å². The van der Waals surface area contributed by atoms with Crippen molar-refractivity contribution in [3.05, 3.63) is 71.0 Å². The Kier molecular flexibility index (Phi) is 5.57. The standard InChI is InChI=1S/C18H14ClF3N4O/c19-12-6-2-1-5-11(12)14(27)10-24-16-9-15(18(20,21)22)25-17(26-16)13-7-3-4-8-23-13/h1-9,14,27H,10H2,(H,24,25,26). The summed E-state index contributed by atoms with van der Waals surface area (Å²) >= 11 is 6.02. The molecular weight excluding hydrogens is 381 g/mol. The molecule has 5 nitrogen and oxygen atoms in total. The molecule has 0 aliphatic heterocycles. The van der Waals surface area contributed by atoms with Crippen LogP contribution >= 0.6 is 11.6 Å². The van der Waals surface area contributed by atoms with Crippen LogP contribution in [0.4, 0.5) is 19.0 Å². The fraction of sp³-hybridized carbons (Fsp3) is 0.167. The summed E-state index contributed by atoms with van der Waals surface area (Å²) in [7, 11) is 0. The van der Waals surface area contributed by atoms with Gasteiger partial charge in [0.2, 0.25) is 0 Å². The molecule has 140 valence electrons. The lowest BCUT2D eigenvalue weighted by Crippen LogP contribution is -2.16. The molecule has 2 heterocycles. The van der Waals surface area contributed by atoms with E-state index in [9.17, 15) is 18.3 Å². The number of aliphatic hydroxyl groups excluding tert-OH is 1. The first-order chi connectivity index (χ1) is 12.8. The van der Waals surface area contributed by atoms with E-state index in [1.807, 2.05) is 0 Å². The van der Waals surface area contributed by atoms with Crippen molar-refractivity contribution in [2.75, 3.05) is 11.9 Å². The monoisotopic (exact) mass is 394 g/mol. The van der Waals surface area contributed by atoms with Crippen LogP contribution in [-0.2, 0) is 6.18 Å². The highest BCUT2D eigenvalue weighted by Gasteiger charge is 2.34. The summed E-state index contributed by atoms with van der Waals surface area (Å²) in [5.74, 6) is -0.246. The second kappa shape index (κ2) is 7.89. The third-order valence-electron chi connectivity index (χ3n) is 3.65. The van der Waals surface area contributed by atoms with E-state index in [1.165, 1.54) is 12.3 Å². The van der Waals surface area contributed by atoms with E-state index in [0.29, 0.717) is 10.6 Å². The Bertz CT molecular complexity index is 922. The second-order valence-electron chi connectivity index (χ2n) is 5.59. The van der Waals surface area contributed by atoms with Crippen molar-refractivity contribution in [3.8, 4) is 11.5 Å². The number of alkyl halides is 3. The minimum absolute atomic E-state index is 0.0796. The molecule has 2 N–H and O–H groups in total. The van der Waals surface area contributed by atoms with Gasteiger partial charge in [0.1, 0.15) is 11.5 Å². The topological polar surface area (TPSA) is 70.9 Å². The van der Waals surface area contributed by atoms with Gasteiger partial charge in [-0.15, -0.1) is 0 Å². The molecule has 0 saturated carbocycles. The number of pyridine rings is 1. The van der Waals surface area contributed by atoms with Crippen molar-refractivity contribution >= 4 is 17.4 Å². The van der Waals surface area contributed by atoms with E-state index >= 15 is 0 Å². The molecule has 1 aromatic carbocycles. The van der Waals surface area contributed by atoms with E-state index in [4.69, 9.17) is 11.6 Å². The average Bonchev–Trinajstić information content (AvgIpc) is 2.66. The SMILES string of the molecule is OC(CNc1cc(C(F)(F)F)nc(-c2ccccn2)n1)c1ccccc1Cl. The molecule has 0 spiro atoms. The lowest BCUT2D eigenvalue weighted by atomic mass is 10.1. The highest BCUT2D eigenvalue weighted by atomic mass is 35.5. The molecule has 0 fully saturated rings. The van der Waals surface area contributed by atoms with Crippen LogP contribution in [0.1, 0.15) is 17.4 Å². The Hall–Kier alpha value is -2.71. The summed E-state index contributed by atoms with van der Waals surface area (Å²) in [6.07, 6.45) is -4.24. The molecule has 0 bridgehead atoms. The minimum atomic E-state index is -4.65. The summed E-state index contributed by atoms with van der Waals surface area (Å²) in [6.45, 7) is -0.0836. The zero-order valence-electron chi connectivity index (χ0n) is 13.8. The molecule has 1 unspecified atom stereocenters. The van der Waals surface area contributed by atoms with Crippen LogP contribution in [0, 0.1) is 0 Å². The molecule has 1 atom stereocenters. The van der Waals surface area contributed by atoms with Gasteiger partial charge in [-0.25, -0.2) is 9.97 Å². The number of nitrogens with zero attached hydrogens (tertiary/aromatic N) is 3. The third kappa shape index (κ3) is 4.72. The van der Waals surface area contributed by atoms with Gasteiger partial charge >= 0.3 is 6.18 Å². The zero-order chi connectivity index (χ0) is 19.4. The van der Waals surface area contributed by atoms with Crippen molar-refractivity contribution < 1.29 is 18.3 Å². The quantitative estimate of drug-likeness (QED) is 0.673. The van der Waals surface area contributed by atoms with Gasteiger partial charge in [-0.1, -0.05) is 35.9 Å². The lowest BCUT2D eigenvalue weighted by Gasteiger charge is -2.15. The number of anilines is 1. The molecule has 0 radical (unpaired) electrons. The minimum Gasteiger partial charge on any atom is -0.387 e. The normalized spacial score (nSPS) is 12.6. The zero-order valence-corrected chi connectivity index (χ0v) is 14.5. The van der Waals surface area contributed by atoms with E-state index in [0.717, 1.165) is 6.07 Å². The van der Waals surface area contributed by atoms with Crippen molar-refractivity contribution in [2.45, 2.75) is 12.3 Å². The summed E-state index contributed by atoms with van der Waals surface area (Å²) in [5, 5.41) is 13.3. The lowest BCUT2D eigenvalue weighted by molar-refractivity contribution is -0.141. The smallest absolute Gasteiger partial charge is 0.387 e. The van der Waals surface area contributed by atoms with E-state index in [1.54, 1.807) is 36.4 Å². The molecule has 3 rings (SSSR count). The van der Waals surface area contributed by atoms with Crippen LogP contribution in [0.25, 0.3) is 11.5 Å². The van der Waals surface area contributed by atoms with Gasteiger partial charge in [-0.3, -0.25) is 4.98 Å². The van der Waals surface area contributed by atoms with Gasteiger partial charge in [0, 0.05) is 29.4 Å². The highest BCUT2D eigenvalue weighted by Crippen LogP contribution is 2.30. The summed E-state index contributed by atoms with van der Waals surface area (Å²) < 4.78 is 39.5. The second-order valence-corrected chi connectivity index (χ2v) is 6.00. The summed E-state index contributed by atoms with van der Waals surface area (Å²) in [4.78, 5) is 11.6. The molecule has 9 heteroatoms. The summed E-state index contributed by atoms with van der Waals surface area (Å²) in [5.41, 5.74) is -0.437. The maximum absolute atomic E-state index is 13.2. The van der Waals surface area contributed by atoms with Gasteiger partial charge in [-0.2, -0.15) is 13.2 Å². The molecule has 0 aliphatic rings. The fourth-order valence-electron chi connectivity index (χ4n) is 2.35. The number of aromatic nitrogens is 3. The molecular formula is C18H14ClF3N4O. The van der Waals surface area contributed by atoms with Crippen LogP contribution in [0.5, 0.6) is 0 Å². The molecule has 27 heavy (non-hydrogen) atoms. The van der Waals surface area contributed by atoms with Crippen molar-refractivity contribution in [2.24, 2.45) is 0 Å². The van der Waals surface area contributed by atoms with Gasteiger partial charge in [-0.05, 0) is 18.2 Å². The van der Waals surface area contributed by atoms with Gasteiger partial charge < -0.3 is 10.4 Å². The third-order valence-corrected chi connectivity index (χ3v) is 4.00. The van der Waals surface area contributed by atoms with E-state index in [2.05, 4.69) is 20.3 Å². The van der Waals surface area contributed by atoms with Crippen molar-refractivity contribution in [3.63, 3.8) is 0 Å². The number of rotatable bonds is 5. The Morgan fingerprint density at radius 1 is 1.07 bits per heavy atom. The predicted octanol–water partition coefficient (Wildman–Crippen LogP) is 4.36. The van der Waals surface area contributed by atoms with Gasteiger partial charge in [0.25, 0.3) is 0 Å². The number of nitrogens with one attached hydrogen (secondary N) is 1. The number of halogens is 4. The number of hydrogen-bond donors (Lipinski definition) is 2. The molecule has 0 aliphatic carbocycles. The van der Waals surface area contributed by atoms with Gasteiger partial charge in [0.15, 0.2) is 11.5 Å². The molecule has 3 aromatic rings. The molecule has 0 amide bonds. The Morgan fingerprint density at radius 2 is 1.81 bits per heavy atom. The number of benzene rings is 1. The Labute approximate surface area is 157 Å². The van der Waals surface area contributed by atoms with Crippen LogP contribution in [0.3, 0.4) is 0 Å². The largest absolute Gasteiger partial charge is 0.433 e. The highest BCUT2D eigenvalue weighted by molar-refractivity contribution is 6.31. The van der Waals surface area contributed by atoms with Crippen LogP contribution in [-0.4, -0.2) is 26.6 Å². The number of aliphatic hydroxyl groups is 1. The van der Waals surface area contributed by atoms with E-state index < -0.39 is 18.0 Å². The van der Waals surface area contributed by atoms with Crippen LogP contribution in [0.2, 0.25) is 5.02 Å². The van der Waals surface area contributed by atoms with Crippen LogP contribution in [0.15, 0.2) is 54.7 Å². The molecule has 2 aromatic heterocycles. The van der Waals surface area contributed by atoms with Crippen molar-refractivity contribution in [1.29, 1.82) is 0 Å². The maximum atomic E-state index is 13.2. The Morgan fingerprint density at radius 3 is 2.48 bits per heavy atom. The first-order valence-corrected chi connectivity index (χ1v) is 8.26. The average molecular weight is 395 g/mol. The summed E-state index contributed by atoms with van der Waals surface area (Å²) in [6, 6.07) is 12.2. The number of hydrogen-bond acceptors (Lipinski definition) is 5. The van der Waals surface area contributed by atoms with Crippen LogP contribution < -0.4 is 5.32 Å². The first kappa shape index (κ1) is 19.1. The first-order valence-electron chi connectivity index (χ1n) is 7.88. The molecule has 0 saturated heterocycles. The van der Waals surface area contributed by atoms with Crippen molar-refractivity contribution in [1.82, 2.24) is 15.0 Å². The maximum Gasteiger partial charge on any atom is 0.433 e.